The zero-order valence-electron chi connectivity index (χ0n) is 14.9. The number of fused-ring (bicyclic) bond motifs is 1. The normalized spacial score (nSPS) is 34.8. The first-order chi connectivity index (χ1) is 12.9. The van der Waals surface area contributed by atoms with Crippen LogP contribution >= 0.6 is 0 Å². The van der Waals surface area contributed by atoms with Gasteiger partial charge in [-0.2, -0.15) is 0 Å². The third-order valence-electron chi connectivity index (χ3n) is 6.60. The van der Waals surface area contributed by atoms with E-state index in [1.165, 1.54) is 6.20 Å². The molecule has 2 bridgehead atoms. The Morgan fingerprint density at radius 1 is 1.41 bits per heavy atom. The van der Waals surface area contributed by atoms with Crippen LogP contribution < -0.4 is 9.62 Å². The van der Waals surface area contributed by atoms with Gasteiger partial charge in [-0.15, -0.1) is 0 Å². The average Bonchev–Trinajstić information content (AvgIpc) is 3.25. The van der Waals surface area contributed by atoms with Crippen LogP contribution in [0.1, 0.15) is 36.2 Å². The van der Waals surface area contributed by atoms with Gasteiger partial charge in [-0.3, -0.25) is 0 Å². The van der Waals surface area contributed by atoms with Crippen molar-refractivity contribution in [1.29, 1.82) is 0 Å². The molecule has 2 N–H and O–H groups in total. The summed E-state index contributed by atoms with van der Waals surface area (Å²) >= 11 is 0. The number of carboxylic acids is 1. The van der Waals surface area contributed by atoms with Gasteiger partial charge in [0.25, 0.3) is 0 Å². The van der Waals surface area contributed by atoms with Crippen molar-refractivity contribution in [3.8, 4) is 0 Å². The minimum atomic E-state index is -3.20. The van der Waals surface area contributed by atoms with E-state index in [2.05, 4.69) is 14.6 Å². The maximum absolute atomic E-state index is 12.2. The summed E-state index contributed by atoms with van der Waals surface area (Å²) in [5.41, 5.74) is 0.615. The van der Waals surface area contributed by atoms with E-state index in [4.69, 9.17) is 4.74 Å². The Hall–Kier alpha value is -1.71. The quantitative estimate of drug-likeness (QED) is 0.737. The summed E-state index contributed by atoms with van der Waals surface area (Å²) < 4.78 is 33.6. The topological polar surface area (TPSA) is 109 Å². The van der Waals surface area contributed by atoms with Crippen LogP contribution in [0.25, 0.3) is 0 Å². The van der Waals surface area contributed by atoms with Crippen molar-refractivity contribution in [1.82, 2.24) is 9.71 Å². The van der Waals surface area contributed by atoms with Crippen molar-refractivity contribution >= 4 is 21.7 Å². The Kier molecular flexibility index (Phi) is 3.80. The number of anilines is 1. The van der Waals surface area contributed by atoms with Gasteiger partial charge in [0.15, 0.2) is 0 Å². The molecule has 27 heavy (non-hydrogen) atoms. The van der Waals surface area contributed by atoms with E-state index in [0.29, 0.717) is 13.1 Å². The van der Waals surface area contributed by atoms with Crippen LogP contribution in [0.2, 0.25) is 0 Å². The van der Waals surface area contributed by atoms with Gasteiger partial charge in [-0.1, -0.05) is 0 Å². The molecule has 1 aromatic rings. The monoisotopic (exact) mass is 393 g/mol. The second-order valence-electron chi connectivity index (χ2n) is 8.21. The maximum atomic E-state index is 12.2. The number of ether oxygens (including phenoxy) is 1. The predicted molar refractivity (Wildman–Crippen MR) is 97.2 cm³/mol. The Balaban J connectivity index is 1.34. The van der Waals surface area contributed by atoms with E-state index in [0.717, 1.165) is 37.9 Å². The fourth-order valence-electron chi connectivity index (χ4n) is 5.10. The summed E-state index contributed by atoms with van der Waals surface area (Å²) in [6, 6.07) is 3.42. The van der Waals surface area contributed by atoms with Crippen molar-refractivity contribution < 1.29 is 23.1 Å². The molecule has 4 atom stereocenters. The zero-order valence-corrected chi connectivity index (χ0v) is 15.7. The van der Waals surface area contributed by atoms with Gasteiger partial charge in [0.05, 0.1) is 17.0 Å². The standard InChI is InChI=1S/C18H23N3O5S/c22-17(23)15-7-11(4-6-19-15)21-9-14-13(8-20-27(24,25)12-1-2-12)16-3-5-18(14,10-21)26-16/h4,6-7,12-14,16,20H,1-3,5,8-10H2,(H,22,23)/t13-,14+,16+,18+/m0/s1. The number of aromatic carboxylic acids is 1. The van der Waals surface area contributed by atoms with E-state index in [1.54, 1.807) is 6.07 Å². The Bertz CT molecular complexity index is 887. The molecule has 0 radical (unpaired) electrons. The fraction of sp³-hybridized carbons (Fsp3) is 0.667. The number of nitrogens with one attached hydrogen (secondary N) is 1. The van der Waals surface area contributed by atoms with Crippen molar-refractivity contribution in [2.75, 3.05) is 24.5 Å². The van der Waals surface area contributed by atoms with Crippen molar-refractivity contribution in [2.45, 2.75) is 42.6 Å². The molecule has 0 aromatic carbocycles. The summed E-state index contributed by atoms with van der Waals surface area (Å²) in [7, 11) is -3.20. The number of sulfonamides is 1. The summed E-state index contributed by atoms with van der Waals surface area (Å²) in [6.07, 6.45) is 5.08. The Morgan fingerprint density at radius 3 is 2.96 bits per heavy atom. The average molecular weight is 393 g/mol. The molecule has 3 aliphatic heterocycles. The van der Waals surface area contributed by atoms with Crippen LogP contribution in [0.4, 0.5) is 5.69 Å². The molecular formula is C18H23N3O5S. The third-order valence-corrected chi connectivity index (χ3v) is 8.51. The minimum absolute atomic E-state index is 0.0287. The first-order valence-electron chi connectivity index (χ1n) is 9.49. The molecular weight excluding hydrogens is 370 g/mol. The number of carboxylic acid groups (broad SMARTS) is 1. The van der Waals surface area contributed by atoms with Crippen molar-refractivity contribution in [3.05, 3.63) is 24.0 Å². The first kappa shape index (κ1) is 17.4. The van der Waals surface area contributed by atoms with Gasteiger partial charge in [0.1, 0.15) is 5.69 Å². The number of rotatable bonds is 6. The third kappa shape index (κ3) is 2.83. The number of carbonyl (C=O) groups is 1. The second-order valence-corrected chi connectivity index (χ2v) is 10.3. The highest BCUT2D eigenvalue weighted by atomic mass is 32.2. The van der Waals surface area contributed by atoms with Gasteiger partial charge >= 0.3 is 5.97 Å². The number of hydrogen-bond donors (Lipinski definition) is 2. The van der Waals surface area contributed by atoms with E-state index >= 15 is 0 Å². The van der Waals surface area contributed by atoms with E-state index in [1.807, 2.05) is 6.07 Å². The molecule has 4 aliphatic rings. The van der Waals surface area contributed by atoms with Crippen LogP contribution in [-0.4, -0.2) is 61.1 Å². The van der Waals surface area contributed by atoms with Crippen molar-refractivity contribution in [3.63, 3.8) is 0 Å². The molecule has 146 valence electrons. The number of pyridine rings is 1. The summed E-state index contributed by atoms with van der Waals surface area (Å²) in [5, 5.41) is 8.97. The Morgan fingerprint density at radius 2 is 2.22 bits per heavy atom. The molecule has 0 unspecified atom stereocenters. The van der Waals surface area contributed by atoms with Gasteiger partial charge in [0, 0.05) is 43.4 Å². The highest BCUT2D eigenvalue weighted by molar-refractivity contribution is 7.90. The number of hydrogen-bond acceptors (Lipinski definition) is 6. The van der Waals surface area contributed by atoms with Crippen LogP contribution in [0, 0.1) is 11.8 Å². The van der Waals surface area contributed by atoms with Gasteiger partial charge < -0.3 is 14.7 Å². The Labute approximate surface area is 158 Å². The lowest BCUT2D eigenvalue weighted by molar-refractivity contribution is 0.0142. The van der Waals surface area contributed by atoms with Crippen LogP contribution in [0.5, 0.6) is 0 Å². The molecule has 1 saturated carbocycles. The molecule has 1 aromatic heterocycles. The van der Waals surface area contributed by atoms with E-state index < -0.39 is 16.0 Å². The molecule has 8 nitrogen and oxygen atoms in total. The summed E-state index contributed by atoms with van der Waals surface area (Å²) in [6.45, 7) is 1.89. The molecule has 3 saturated heterocycles. The molecule has 1 aliphatic carbocycles. The molecule has 4 heterocycles. The molecule has 4 fully saturated rings. The predicted octanol–water partition coefficient (Wildman–Crippen LogP) is 0.845. The molecule has 5 rings (SSSR count). The highest BCUT2D eigenvalue weighted by Crippen LogP contribution is 2.55. The van der Waals surface area contributed by atoms with Crippen LogP contribution in [0.3, 0.4) is 0 Å². The smallest absolute Gasteiger partial charge is 0.354 e. The SMILES string of the molecule is O=C(O)c1cc(N2C[C@@H]3[C@H](CNS(=O)(=O)C4CC4)[C@H]4CC[C@]3(C2)O4)ccn1. The second kappa shape index (κ2) is 5.89. The van der Waals surface area contributed by atoms with E-state index in [-0.39, 0.29) is 34.5 Å². The van der Waals surface area contributed by atoms with Crippen molar-refractivity contribution in [2.24, 2.45) is 11.8 Å². The fourth-order valence-corrected chi connectivity index (χ4v) is 6.52. The summed E-state index contributed by atoms with van der Waals surface area (Å²) in [5.74, 6) is -0.628. The lowest BCUT2D eigenvalue weighted by Crippen LogP contribution is -2.42. The van der Waals surface area contributed by atoms with Gasteiger partial charge in [0.2, 0.25) is 10.0 Å². The molecule has 1 spiro atoms. The van der Waals surface area contributed by atoms with Gasteiger partial charge in [-0.05, 0) is 37.8 Å². The summed E-state index contributed by atoms with van der Waals surface area (Å²) in [4.78, 5) is 17.3. The number of nitrogens with zero attached hydrogens (tertiary/aromatic N) is 2. The first-order valence-corrected chi connectivity index (χ1v) is 11.0. The van der Waals surface area contributed by atoms with Crippen LogP contribution in [0.15, 0.2) is 18.3 Å². The minimum Gasteiger partial charge on any atom is -0.477 e. The molecule has 0 amide bonds. The van der Waals surface area contributed by atoms with E-state index in [9.17, 15) is 18.3 Å². The largest absolute Gasteiger partial charge is 0.477 e. The van der Waals surface area contributed by atoms with Gasteiger partial charge in [-0.25, -0.2) is 22.9 Å². The number of aromatic nitrogens is 1. The van der Waals surface area contributed by atoms with Crippen LogP contribution in [-0.2, 0) is 14.8 Å². The highest BCUT2D eigenvalue weighted by Gasteiger charge is 2.63. The maximum Gasteiger partial charge on any atom is 0.354 e. The molecule has 9 heteroatoms. The zero-order chi connectivity index (χ0) is 18.8. The lowest BCUT2D eigenvalue weighted by atomic mass is 9.74. The lowest BCUT2D eigenvalue weighted by Gasteiger charge is -2.29.